The molecule has 1 aromatic carbocycles. The van der Waals surface area contributed by atoms with Crippen molar-refractivity contribution in [3.8, 4) is 0 Å². The molecule has 3 nitrogen and oxygen atoms in total. The fourth-order valence-electron chi connectivity index (χ4n) is 1.88. The van der Waals surface area contributed by atoms with Gasteiger partial charge in [-0.15, -0.1) is 0 Å². The lowest BCUT2D eigenvalue weighted by Crippen LogP contribution is -2.04. The first-order chi connectivity index (χ1) is 8.15. The molecule has 2 rings (SSSR count). The Hall–Kier alpha value is -1.48. The average Bonchev–Trinajstić information content (AvgIpc) is 2.71. The Kier molecular flexibility index (Phi) is 3.38. The number of hydrogen-bond acceptors (Lipinski definition) is 2. The standard InChI is InChI=1S/C13H14ClNO2/c1-3-8-5-10(14)6-9-7-11(15-12(8)9)13(16)17-4-2/h5-7,15H,3-4H2,1-2H3. The van der Waals surface area contributed by atoms with Gasteiger partial charge in [0.25, 0.3) is 0 Å². The SMILES string of the molecule is CCOC(=O)c1cc2cc(Cl)cc(CC)c2[nH]1. The van der Waals surface area contributed by atoms with Crippen molar-refractivity contribution < 1.29 is 9.53 Å². The van der Waals surface area contributed by atoms with Crippen molar-refractivity contribution >= 4 is 28.5 Å². The number of aromatic amines is 1. The zero-order chi connectivity index (χ0) is 12.4. The summed E-state index contributed by atoms with van der Waals surface area (Å²) in [7, 11) is 0. The van der Waals surface area contributed by atoms with Crippen molar-refractivity contribution in [2.24, 2.45) is 0 Å². The van der Waals surface area contributed by atoms with Crippen LogP contribution in [-0.4, -0.2) is 17.6 Å². The monoisotopic (exact) mass is 251 g/mol. The van der Waals surface area contributed by atoms with E-state index in [2.05, 4.69) is 11.9 Å². The predicted octanol–water partition coefficient (Wildman–Crippen LogP) is 3.56. The van der Waals surface area contributed by atoms with Crippen molar-refractivity contribution in [2.75, 3.05) is 6.61 Å². The average molecular weight is 252 g/mol. The second-order valence-electron chi connectivity index (χ2n) is 3.79. The normalized spacial score (nSPS) is 10.8. The fourth-order valence-corrected chi connectivity index (χ4v) is 2.13. The van der Waals surface area contributed by atoms with E-state index in [0.29, 0.717) is 17.3 Å². The topological polar surface area (TPSA) is 42.1 Å². The predicted molar refractivity (Wildman–Crippen MR) is 68.6 cm³/mol. The number of H-pyrrole nitrogens is 1. The van der Waals surface area contributed by atoms with Crippen LogP contribution < -0.4 is 0 Å². The highest BCUT2D eigenvalue weighted by atomic mass is 35.5. The Bertz CT molecular complexity index is 560. The van der Waals surface area contributed by atoms with Crippen LogP contribution in [0.5, 0.6) is 0 Å². The molecule has 0 bridgehead atoms. The quantitative estimate of drug-likeness (QED) is 0.848. The third-order valence-electron chi connectivity index (χ3n) is 2.65. The number of carbonyl (C=O) groups is 1. The van der Waals surface area contributed by atoms with Crippen molar-refractivity contribution in [2.45, 2.75) is 20.3 Å². The highest BCUT2D eigenvalue weighted by molar-refractivity contribution is 6.31. The van der Waals surface area contributed by atoms with Gasteiger partial charge in [-0.3, -0.25) is 0 Å². The van der Waals surface area contributed by atoms with Gasteiger partial charge in [-0.05, 0) is 37.1 Å². The van der Waals surface area contributed by atoms with Gasteiger partial charge in [0.05, 0.1) is 6.61 Å². The first-order valence-electron chi connectivity index (χ1n) is 5.64. The Labute approximate surface area is 105 Å². The van der Waals surface area contributed by atoms with Gasteiger partial charge in [0, 0.05) is 15.9 Å². The molecule has 0 fully saturated rings. The maximum Gasteiger partial charge on any atom is 0.354 e. The Morgan fingerprint density at radius 2 is 2.12 bits per heavy atom. The summed E-state index contributed by atoms with van der Waals surface area (Å²) in [6, 6.07) is 5.53. The molecule has 1 N–H and O–H groups in total. The molecule has 1 heterocycles. The summed E-state index contributed by atoms with van der Waals surface area (Å²) in [4.78, 5) is 14.7. The fraction of sp³-hybridized carbons (Fsp3) is 0.308. The number of ether oxygens (including phenoxy) is 1. The second kappa shape index (κ2) is 4.80. The van der Waals surface area contributed by atoms with E-state index in [4.69, 9.17) is 16.3 Å². The highest BCUT2D eigenvalue weighted by Gasteiger charge is 2.12. The van der Waals surface area contributed by atoms with Crippen molar-refractivity contribution in [3.05, 3.63) is 34.5 Å². The highest BCUT2D eigenvalue weighted by Crippen LogP contribution is 2.25. The van der Waals surface area contributed by atoms with Gasteiger partial charge in [0.15, 0.2) is 0 Å². The zero-order valence-electron chi connectivity index (χ0n) is 9.84. The van der Waals surface area contributed by atoms with Crippen LogP contribution in [0.15, 0.2) is 18.2 Å². The summed E-state index contributed by atoms with van der Waals surface area (Å²) in [5, 5.41) is 1.63. The van der Waals surface area contributed by atoms with Crippen LogP contribution in [0.2, 0.25) is 5.02 Å². The number of esters is 1. The minimum Gasteiger partial charge on any atom is -0.461 e. The van der Waals surface area contributed by atoms with Crippen LogP contribution in [0, 0.1) is 0 Å². The number of nitrogens with one attached hydrogen (secondary N) is 1. The molecular weight excluding hydrogens is 238 g/mol. The summed E-state index contributed by atoms with van der Waals surface area (Å²) in [5.41, 5.74) is 2.53. The van der Waals surface area contributed by atoms with Gasteiger partial charge in [-0.1, -0.05) is 18.5 Å². The van der Waals surface area contributed by atoms with Gasteiger partial charge in [0.1, 0.15) is 5.69 Å². The number of aryl methyl sites for hydroxylation is 1. The summed E-state index contributed by atoms with van der Waals surface area (Å²) < 4.78 is 4.96. The van der Waals surface area contributed by atoms with Crippen LogP contribution in [0.25, 0.3) is 10.9 Å². The molecule has 4 heteroatoms. The second-order valence-corrected chi connectivity index (χ2v) is 4.22. The molecule has 0 aliphatic carbocycles. The molecule has 0 saturated carbocycles. The molecule has 0 amide bonds. The minimum absolute atomic E-state index is 0.332. The first-order valence-corrected chi connectivity index (χ1v) is 6.01. The molecule has 0 saturated heterocycles. The van der Waals surface area contributed by atoms with Gasteiger partial charge in [-0.25, -0.2) is 4.79 Å². The number of rotatable bonds is 3. The van der Waals surface area contributed by atoms with Crippen LogP contribution in [0.4, 0.5) is 0 Å². The van der Waals surface area contributed by atoms with Gasteiger partial charge in [0.2, 0.25) is 0 Å². The van der Waals surface area contributed by atoms with E-state index in [1.807, 2.05) is 12.1 Å². The lowest BCUT2D eigenvalue weighted by molar-refractivity contribution is 0.0520. The Morgan fingerprint density at radius 3 is 2.76 bits per heavy atom. The lowest BCUT2D eigenvalue weighted by Gasteiger charge is -2.00. The van der Waals surface area contributed by atoms with E-state index < -0.39 is 0 Å². The van der Waals surface area contributed by atoms with Crippen LogP contribution in [0.3, 0.4) is 0 Å². The third kappa shape index (κ3) is 2.29. The van der Waals surface area contributed by atoms with Gasteiger partial charge < -0.3 is 9.72 Å². The molecule has 0 aliphatic rings. The lowest BCUT2D eigenvalue weighted by atomic mass is 10.1. The van der Waals surface area contributed by atoms with Crippen molar-refractivity contribution in [1.29, 1.82) is 0 Å². The third-order valence-corrected chi connectivity index (χ3v) is 2.87. The molecule has 0 radical (unpaired) electrons. The first kappa shape index (κ1) is 12.0. The number of aromatic nitrogens is 1. The number of fused-ring (bicyclic) bond motifs is 1. The minimum atomic E-state index is -0.332. The number of carbonyl (C=O) groups excluding carboxylic acids is 1. The summed E-state index contributed by atoms with van der Waals surface area (Å²) in [6.07, 6.45) is 0.861. The smallest absolute Gasteiger partial charge is 0.354 e. The molecule has 17 heavy (non-hydrogen) atoms. The van der Waals surface area contributed by atoms with E-state index in [1.165, 1.54) is 0 Å². The van der Waals surface area contributed by atoms with E-state index in [9.17, 15) is 4.79 Å². The van der Waals surface area contributed by atoms with Gasteiger partial charge in [-0.2, -0.15) is 0 Å². The molecule has 0 unspecified atom stereocenters. The van der Waals surface area contributed by atoms with Gasteiger partial charge >= 0.3 is 5.97 Å². The molecule has 2 aromatic rings. The maximum absolute atomic E-state index is 11.6. The molecular formula is C13H14ClNO2. The van der Waals surface area contributed by atoms with Crippen LogP contribution >= 0.6 is 11.6 Å². The largest absolute Gasteiger partial charge is 0.461 e. The van der Waals surface area contributed by atoms with Crippen LogP contribution in [-0.2, 0) is 11.2 Å². The van der Waals surface area contributed by atoms with Crippen molar-refractivity contribution in [1.82, 2.24) is 4.98 Å². The molecule has 0 spiro atoms. The number of benzene rings is 1. The van der Waals surface area contributed by atoms with Crippen molar-refractivity contribution in [3.63, 3.8) is 0 Å². The summed E-state index contributed by atoms with van der Waals surface area (Å²) in [6.45, 7) is 4.21. The molecule has 1 aromatic heterocycles. The Balaban J connectivity index is 2.53. The molecule has 90 valence electrons. The zero-order valence-corrected chi connectivity index (χ0v) is 10.6. The molecule has 0 atom stereocenters. The molecule has 0 aliphatic heterocycles. The van der Waals surface area contributed by atoms with E-state index in [0.717, 1.165) is 22.9 Å². The summed E-state index contributed by atoms with van der Waals surface area (Å²) in [5.74, 6) is -0.332. The Morgan fingerprint density at radius 1 is 1.35 bits per heavy atom. The summed E-state index contributed by atoms with van der Waals surface area (Å²) >= 11 is 6.02. The maximum atomic E-state index is 11.6. The number of halogens is 1. The van der Waals surface area contributed by atoms with E-state index >= 15 is 0 Å². The number of hydrogen-bond donors (Lipinski definition) is 1. The van der Waals surface area contributed by atoms with Crippen LogP contribution in [0.1, 0.15) is 29.9 Å². The van der Waals surface area contributed by atoms with E-state index in [1.54, 1.807) is 13.0 Å². The van der Waals surface area contributed by atoms with E-state index in [-0.39, 0.29) is 5.97 Å².